The van der Waals surface area contributed by atoms with Gasteiger partial charge in [-0.15, -0.1) is 0 Å². The zero-order valence-corrected chi connectivity index (χ0v) is 16.1. The van der Waals surface area contributed by atoms with Crippen molar-refractivity contribution in [2.45, 2.75) is 25.0 Å². The normalized spacial score (nSPS) is 18.1. The van der Waals surface area contributed by atoms with E-state index in [0.717, 1.165) is 4.31 Å². The van der Waals surface area contributed by atoms with E-state index in [0.29, 0.717) is 11.6 Å². The average Bonchev–Trinajstić information content (AvgIpc) is 3.07. The van der Waals surface area contributed by atoms with Gasteiger partial charge in [-0.3, -0.25) is 9.59 Å². The van der Waals surface area contributed by atoms with Crippen LogP contribution in [0.3, 0.4) is 0 Å². The predicted octanol–water partition coefficient (Wildman–Crippen LogP) is 0.575. The van der Waals surface area contributed by atoms with Crippen LogP contribution in [0.25, 0.3) is 0 Å². The molecule has 0 unspecified atom stereocenters. The number of hydrogen-bond acceptors (Lipinski definition) is 5. The van der Waals surface area contributed by atoms with Gasteiger partial charge >= 0.3 is 11.8 Å². The van der Waals surface area contributed by atoms with Crippen LogP contribution in [-0.4, -0.2) is 57.0 Å². The lowest BCUT2D eigenvalue weighted by Crippen LogP contribution is -2.47. The molecule has 0 spiro atoms. The van der Waals surface area contributed by atoms with Crippen LogP contribution in [0.2, 0.25) is 5.02 Å². The molecule has 2 N–H and O–H groups in total. The summed E-state index contributed by atoms with van der Waals surface area (Å²) < 4.78 is 32.0. The highest BCUT2D eigenvalue weighted by Crippen LogP contribution is 2.23. The van der Waals surface area contributed by atoms with E-state index in [4.69, 9.17) is 16.3 Å². The quantitative estimate of drug-likeness (QED) is 0.676. The second-order valence-electron chi connectivity index (χ2n) is 6.21. The zero-order valence-electron chi connectivity index (χ0n) is 14.6. The van der Waals surface area contributed by atoms with Crippen LogP contribution in [0.15, 0.2) is 29.2 Å². The summed E-state index contributed by atoms with van der Waals surface area (Å²) in [6.07, 6.45) is -0.877. The molecule has 1 aliphatic heterocycles. The van der Waals surface area contributed by atoms with Crippen molar-refractivity contribution in [2.75, 3.05) is 26.2 Å². The first-order valence-electron chi connectivity index (χ1n) is 8.17. The van der Waals surface area contributed by atoms with E-state index in [-0.39, 0.29) is 30.5 Å². The van der Waals surface area contributed by atoms with Gasteiger partial charge in [-0.1, -0.05) is 25.4 Å². The van der Waals surface area contributed by atoms with Crippen LogP contribution >= 0.6 is 11.6 Å². The third-order valence-corrected chi connectivity index (χ3v) is 5.83. The smallest absolute Gasteiger partial charge is 0.309 e. The van der Waals surface area contributed by atoms with Crippen molar-refractivity contribution in [1.29, 1.82) is 0 Å². The molecular formula is C16H22ClN3O5S. The maximum Gasteiger partial charge on any atom is 0.309 e. The molecule has 0 aliphatic carbocycles. The minimum Gasteiger partial charge on any atom is -0.359 e. The third-order valence-electron chi connectivity index (χ3n) is 3.68. The molecule has 1 atom stereocenters. The molecule has 0 saturated carbocycles. The highest BCUT2D eigenvalue weighted by molar-refractivity contribution is 7.89. The lowest BCUT2D eigenvalue weighted by molar-refractivity contribution is -0.139. The topological polar surface area (TPSA) is 105 Å². The van der Waals surface area contributed by atoms with Crippen LogP contribution in [0.1, 0.15) is 13.8 Å². The van der Waals surface area contributed by atoms with E-state index in [9.17, 15) is 18.0 Å². The van der Waals surface area contributed by atoms with Crippen LogP contribution < -0.4 is 10.6 Å². The van der Waals surface area contributed by atoms with Crippen molar-refractivity contribution in [3.8, 4) is 0 Å². The molecule has 8 nitrogen and oxygen atoms in total. The number of carbonyl (C=O) groups excluding carboxylic acids is 2. The minimum atomic E-state index is -3.80. The van der Waals surface area contributed by atoms with Gasteiger partial charge in [-0.05, 0) is 30.2 Å². The standard InChI is InChI=1S/C16H22ClN3O5S/c1-11(2)9-18-15(21)16(22)19-10-14-20(7-8-25-14)26(23,24)13-5-3-12(17)4-6-13/h3-6,11,14H,7-10H2,1-2H3,(H,18,21)(H,19,22)/t14-/m1/s1. The molecule has 1 saturated heterocycles. The maximum atomic E-state index is 12.7. The van der Waals surface area contributed by atoms with Crippen LogP contribution in [0, 0.1) is 5.92 Å². The number of rotatable bonds is 6. The maximum absolute atomic E-state index is 12.7. The average molecular weight is 404 g/mol. The molecule has 26 heavy (non-hydrogen) atoms. The molecule has 0 aromatic heterocycles. The van der Waals surface area contributed by atoms with Gasteiger partial charge in [0, 0.05) is 18.1 Å². The zero-order chi connectivity index (χ0) is 19.3. The van der Waals surface area contributed by atoms with Gasteiger partial charge in [0.25, 0.3) is 0 Å². The molecule has 1 fully saturated rings. The van der Waals surface area contributed by atoms with Crippen molar-refractivity contribution >= 4 is 33.4 Å². The predicted molar refractivity (Wildman–Crippen MR) is 95.9 cm³/mol. The summed E-state index contributed by atoms with van der Waals surface area (Å²) in [6.45, 7) is 4.43. The molecule has 2 rings (SSSR count). The van der Waals surface area contributed by atoms with Gasteiger partial charge in [-0.2, -0.15) is 4.31 Å². The first-order chi connectivity index (χ1) is 12.2. The number of amides is 2. The van der Waals surface area contributed by atoms with Gasteiger partial charge in [0.05, 0.1) is 18.0 Å². The number of hydrogen-bond donors (Lipinski definition) is 2. The van der Waals surface area contributed by atoms with Crippen molar-refractivity contribution in [1.82, 2.24) is 14.9 Å². The summed E-state index contributed by atoms with van der Waals surface area (Å²) in [5, 5.41) is 5.33. The Balaban J connectivity index is 1.98. The molecule has 0 radical (unpaired) electrons. The highest BCUT2D eigenvalue weighted by atomic mass is 35.5. The number of benzene rings is 1. The molecule has 1 aromatic rings. The Morgan fingerprint density at radius 3 is 2.46 bits per heavy atom. The molecule has 1 aromatic carbocycles. The first kappa shape index (κ1) is 20.6. The number of carbonyl (C=O) groups is 2. The van der Waals surface area contributed by atoms with Gasteiger partial charge in [0.1, 0.15) is 6.23 Å². The molecule has 1 aliphatic rings. The second-order valence-corrected chi connectivity index (χ2v) is 8.54. The SMILES string of the molecule is CC(C)CNC(=O)C(=O)NC[C@H]1OCCN1S(=O)(=O)c1ccc(Cl)cc1. The summed E-state index contributed by atoms with van der Waals surface area (Å²) in [6, 6.07) is 5.79. The van der Waals surface area contributed by atoms with Crippen molar-refractivity contribution in [3.05, 3.63) is 29.3 Å². The molecular weight excluding hydrogens is 382 g/mol. The Bertz CT molecular complexity index is 752. The van der Waals surface area contributed by atoms with E-state index < -0.39 is 28.1 Å². The minimum absolute atomic E-state index is 0.0819. The Hall–Kier alpha value is -1.68. The number of nitrogens with one attached hydrogen (secondary N) is 2. The fraction of sp³-hybridized carbons (Fsp3) is 0.500. The molecule has 144 valence electrons. The Labute approximate surface area is 157 Å². The molecule has 0 bridgehead atoms. The Kier molecular flexibility index (Phi) is 6.99. The summed E-state index contributed by atoms with van der Waals surface area (Å²) >= 11 is 5.79. The van der Waals surface area contributed by atoms with E-state index >= 15 is 0 Å². The first-order valence-corrected chi connectivity index (χ1v) is 9.98. The molecule has 10 heteroatoms. The van der Waals surface area contributed by atoms with Crippen LogP contribution in [-0.2, 0) is 24.3 Å². The fourth-order valence-corrected chi connectivity index (χ4v) is 3.96. The largest absolute Gasteiger partial charge is 0.359 e. The molecule has 2 amide bonds. The van der Waals surface area contributed by atoms with Crippen molar-refractivity contribution in [2.24, 2.45) is 5.92 Å². The number of sulfonamides is 1. The number of ether oxygens (including phenoxy) is 1. The number of nitrogens with zero attached hydrogens (tertiary/aromatic N) is 1. The van der Waals surface area contributed by atoms with E-state index in [1.807, 2.05) is 13.8 Å². The van der Waals surface area contributed by atoms with E-state index in [2.05, 4.69) is 10.6 Å². The van der Waals surface area contributed by atoms with Gasteiger partial charge in [-0.25, -0.2) is 8.42 Å². The Morgan fingerprint density at radius 2 is 1.85 bits per heavy atom. The summed E-state index contributed by atoms with van der Waals surface area (Å²) in [4.78, 5) is 23.6. The van der Waals surface area contributed by atoms with Gasteiger partial charge in [0.15, 0.2) is 0 Å². The second kappa shape index (κ2) is 8.81. The van der Waals surface area contributed by atoms with Crippen LogP contribution in [0.4, 0.5) is 0 Å². The van der Waals surface area contributed by atoms with Crippen molar-refractivity contribution < 1.29 is 22.7 Å². The van der Waals surface area contributed by atoms with Crippen molar-refractivity contribution in [3.63, 3.8) is 0 Å². The third kappa shape index (κ3) is 5.16. The van der Waals surface area contributed by atoms with E-state index in [1.165, 1.54) is 24.3 Å². The molecule has 1 heterocycles. The summed E-state index contributed by atoms with van der Waals surface area (Å²) in [5.41, 5.74) is 0. The van der Waals surface area contributed by atoms with E-state index in [1.54, 1.807) is 0 Å². The Morgan fingerprint density at radius 1 is 1.23 bits per heavy atom. The van der Waals surface area contributed by atoms with Gasteiger partial charge < -0.3 is 15.4 Å². The number of halogens is 1. The lowest BCUT2D eigenvalue weighted by Gasteiger charge is -2.22. The highest BCUT2D eigenvalue weighted by Gasteiger charge is 2.36. The lowest BCUT2D eigenvalue weighted by atomic mass is 10.2. The van der Waals surface area contributed by atoms with Crippen LogP contribution in [0.5, 0.6) is 0 Å². The fourth-order valence-electron chi connectivity index (χ4n) is 2.32. The van der Waals surface area contributed by atoms with Gasteiger partial charge in [0.2, 0.25) is 10.0 Å². The summed E-state index contributed by atoms with van der Waals surface area (Å²) in [5.74, 6) is -1.38. The monoisotopic (exact) mass is 403 g/mol. The summed E-state index contributed by atoms with van der Waals surface area (Å²) in [7, 11) is -3.80.